The predicted octanol–water partition coefficient (Wildman–Crippen LogP) is 5.69. The van der Waals surface area contributed by atoms with Gasteiger partial charge in [0.1, 0.15) is 0 Å². The first-order valence-electron chi connectivity index (χ1n) is 8.96. The van der Waals surface area contributed by atoms with Gasteiger partial charge in [0.15, 0.2) is 0 Å². The fourth-order valence-corrected chi connectivity index (χ4v) is 3.68. The molecule has 1 rings (SSSR count). The van der Waals surface area contributed by atoms with Gasteiger partial charge in [0.05, 0.1) is 0 Å². The predicted molar refractivity (Wildman–Crippen MR) is 86.6 cm³/mol. The molecule has 1 N–H and O–H groups in total. The van der Waals surface area contributed by atoms with Gasteiger partial charge in [-0.2, -0.15) is 0 Å². The van der Waals surface area contributed by atoms with E-state index in [1.165, 1.54) is 83.6 Å². The standard InChI is InChI=1S/C18H37N/c1-4-6-7-8-10-13-17(19-16-5-2)18(3)14-11-9-12-15-18/h17,19H,4-16H2,1-3H3. The number of hydrogen-bond acceptors (Lipinski definition) is 1. The quantitative estimate of drug-likeness (QED) is 0.502. The van der Waals surface area contributed by atoms with E-state index in [9.17, 15) is 0 Å². The molecule has 0 bridgehead atoms. The second-order valence-corrected chi connectivity index (χ2v) is 6.92. The number of unbranched alkanes of at least 4 members (excludes halogenated alkanes) is 4. The van der Waals surface area contributed by atoms with Crippen molar-refractivity contribution in [2.24, 2.45) is 5.41 Å². The fourth-order valence-electron chi connectivity index (χ4n) is 3.68. The summed E-state index contributed by atoms with van der Waals surface area (Å²) in [4.78, 5) is 0. The van der Waals surface area contributed by atoms with E-state index in [-0.39, 0.29) is 0 Å². The van der Waals surface area contributed by atoms with Crippen LogP contribution < -0.4 is 5.32 Å². The molecule has 1 unspecified atom stereocenters. The van der Waals surface area contributed by atoms with E-state index in [1.807, 2.05) is 0 Å². The second kappa shape index (κ2) is 9.80. The van der Waals surface area contributed by atoms with Crippen LogP contribution in [0, 0.1) is 5.41 Å². The zero-order valence-corrected chi connectivity index (χ0v) is 13.8. The third-order valence-electron chi connectivity index (χ3n) is 5.07. The van der Waals surface area contributed by atoms with Gasteiger partial charge in [-0.15, -0.1) is 0 Å². The van der Waals surface area contributed by atoms with Crippen LogP contribution in [0.4, 0.5) is 0 Å². The van der Waals surface area contributed by atoms with E-state index in [0.29, 0.717) is 5.41 Å². The highest BCUT2D eigenvalue weighted by atomic mass is 14.9. The summed E-state index contributed by atoms with van der Waals surface area (Å²) in [5, 5.41) is 3.87. The van der Waals surface area contributed by atoms with Crippen molar-refractivity contribution < 1.29 is 0 Å². The van der Waals surface area contributed by atoms with Gasteiger partial charge in [0, 0.05) is 6.04 Å². The summed E-state index contributed by atoms with van der Waals surface area (Å²) in [6.07, 6.45) is 17.0. The summed E-state index contributed by atoms with van der Waals surface area (Å²) >= 11 is 0. The molecule has 1 saturated carbocycles. The molecule has 0 aromatic rings. The van der Waals surface area contributed by atoms with Gasteiger partial charge in [0.25, 0.3) is 0 Å². The normalized spacial score (nSPS) is 20.4. The van der Waals surface area contributed by atoms with Crippen LogP contribution in [-0.4, -0.2) is 12.6 Å². The molecule has 0 heterocycles. The molecule has 0 aromatic heterocycles. The van der Waals surface area contributed by atoms with Crippen LogP contribution in [-0.2, 0) is 0 Å². The highest BCUT2D eigenvalue weighted by Crippen LogP contribution is 2.40. The van der Waals surface area contributed by atoms with Crippen molar-refractivity contribution in [3.8, 4) is 0 Å². The highest BCUT2D eigenvalue weighted by molar-refractivity contribution is 4.89. The van der Waals surface area contributed by atoms with Crippen molar-refractivity contribution in [2.75, 3.05) is 6.54 Å². The first-order valence-corrected chi connectivity index (χ1v) is 8.96. The number of nitrogens with one attached hydrogen (secondary N) is 1. The summed E-state index contributed by atoms with van der Waals surface area (Å²) < 4.78 is 0. The Kier molecular flexibility index (Phi) is 8.77. The molecule has 19 heavy (non-hydrogen) atoms. The van der Waals surface area contributed by atoms with Crippen LogP contribution in [0.1, 0.15) is 97.8 Å². The maximum absolute atomic E-state index is 3.87. The van der Waals surface area contributed by atoms with Crippen molar-refractivity contribution in [3.05, 3.63) is 0 Å². The van der Waals surface area contributed by atoms with Crippen molar-refractivity contribution >= 4 is 0 Å². The average Bonchev–Trinajstić information content (AvgIpc) is 2.42. The van der Waals surface area contributed by atoms with Crippen molar-refractivity contribution in [3.63, 3.8) is 0 Å². The van der Waals surface area contributed by atoms with Gasteiger partial charge < -0.3 is 5.32 Å². The van der Waals surface area contributed by atoms with Gasteiger partial charge >= 0.3 is 0 Å². The lowest BCUT2D eigenvalue weighted by Crippen LogP contribution is -2.45. The maximum atomic E-state index is 3.87. The minimum absolute atomic E-state index is 0.582. The third-order valence-corrected chi connectivity index (χ3v) is 5.07. The monoisotopic (exact) mass is 267 g/mol. The minimum atomic E-state index is 0.582. The largest absolute Gasteiger partial charge is 0.313 e. The molecule has 1 fully saturated rings. The van der Waals surface area contributed by atoms with Crippen LogP contribution in [0.2, 0.25) is 0 Å². The molecular formula is C18H37N. The molecule has 1 heteroatoms. The smallest absolute Gasteiger partial charge is 0.0121 e. The van der Waals surface area contributed by atoms with Crippen molar-refractivity contribution in [1.82, 2.24) is 5.32 Å². The molecule has 0 spiro atoms. The number of hydrogen-bond donors (Lipinski definition) is 1. The van der Waals surface area contributed by atoms with E-state index in [2.05, 4.69) is 26.1 Å². The van der Waals surface area contributed by atoms with Crippen molar-refractivity contribution in [1.29, 1.82) is 0 Å². The molecule has 0 saturated heterocycles. The Morgan fingerprint density at radius 3 is 2.21 bits per heavy atom. The first kappa shape index (κ1) is 17.0. The average molecular weight is 268 g/mol. The zero-order chi connectivity index (χ0) is 14.0. The molecule has 1 aliphatic rings. The lowest BCUT2D eigenvalue weighted by atomic mass is 9.69. The Morgan fingerprint density at radius 1 is 0.895 bits per heavy atom. The Balaban J connectivity index is 2.36. The Morgan fingerprint density at radius 2 is 1.58 bits per heavy atom. The number of rotatable bonds is 10. The van der Waals surface area contributed by atoms with Crippen LogP contribution in [0.5, 0.6) is 0 Å². The van der Waals surface area contributed by atoms with Gasteiger partial charge in [-0.3, -0.25) is 0 Å². The van der Waals surface area contributed by atoms with Crippen LogP contribution >= 0.6 is 0 Å². The summed E-state index contributed by atoms with van der Waals surface area (Å²) in [7, 11) is 0. The molecule has 114 valence electrons. The molecule has 1 nitrogen and oxygen atoms in total. The van der Waals surface area contributed by atoms with E-state index >= 15 is 0 Å². The van der Waals surface area contributed by atoms with Gasteiger partial charge in [-0.25, -0.2) is 0 Å². The minimum Gasteiger partial charge on any atom is -0.313 e. The van der Waals surface area contributed by atoms with Crippen molar-refractivity contribution in [2.45, 2.75) is 104 Å². The van der Waals surface area contributed by atoms with Crippen LogP contribution in [0.3, 0.4) is 0 Å². The van der Waals surface area contributed by atoms with E-state index in [1.54, 1.807) is 0 Å². The molecule has 1 aliphatic carbocycles. The Bertz CT molecular complexity index is 206. The summed E-state index contributed by atoms with van der Waals surface area (Å²) in [6.45, 7) is 8.34. The van der Waals surface area contributed by atoms with Gasteiger partial charge in [-0.05, 0) is 37.6 Å². The van der Waals surface area contributed by atoms with Crippen LogP contribution in [0.15, 0.2) is 0 Å². The Labute approximate surface area is 121 Å². The molecule has 1 atom stereocenters. The summed E-state index contributed by atoms with van der Waals surface area (Å²) in [6, 6.07) is 0.773. The second-order valence-electron chi connectivity index (χ2n) is 6.92. The molecule has 0 radical (unpaired) electrons. The SMILES string of the molecule is CCCCCCCC(NCCC)C1(C)CCCCC1. The highest BCUT2D eigenvalue weighted by Gasteiger charge is 2.34. The fraction of sp³-hybridized carbons (Fsp3) is 1.00. The van der Waals surface area contributed by atoms with Gasteiger partial charge in [0.2, 0.25) is 0 Å². The lowest BCUT2D eigenvalue weighted by molar-refractivity contribution is 0.135. The molecule has 0 amide bonds. The molecule has 0 aliphatic heterocycles. The molecule has 0 aromatic carbocycles. The first-order chi connectivity index (χ1) is 9.23. The Hall–Kier alpha value is -0.0400. The third kappa shape index (κ3) is 6.29. The van der Waals surface area contributed by atoms with Crippen LogP contribution in [0.25, 0.3) is 0 Å². The summed E-state index contributed by atoms with van der Waals surface area (Å²) in [5.41, 5.74) is 0.582. The topological polar surface area (TPSA) is 12.0 Å². The van der Waals surface area contributed by atoms with E-state index in [4.69, 9.17) is 0 Å². The lowest BCUT2D eigenvalue weighted by Gasteiger charge is -2.41. The zero-order valence-electron chi connectivity index (χ0n) is 13.8. The maximum Gasteiger partial charge on any atom is 0.0121 e. The summed E-state index contributed by atoms with van der Waals surface area (Å²) in [5.74, 6) is 0. The molecular weight excluding hydrogens is 230 g/mol. The van der Waals surface area contributed by atoms with E-state index < -0.39 is 0 Å². The van der Waals surface area contributed by atoms with Gasteiger partial charge in [-0.1, -0.05) is 72.1 Å². The van der Waals surface area contributed by atoms with E-state index in [0.717, 1.165) is 6.04 Å².